The number of hydrogen-bond donors (Lipinski definition) is 3. The van der Waals surface area contributed by atoms with Crippen molar-refractivity contribution in [2.45, 2.75) is 57.3 Å². The second kappa shape index (κ2) is 16.7. The highest BCUT2D eigenvalue weighted by atomic mass is 32.2. The standard InChI is InChI=1S/C39H45N5O4S/c1-29(2)25-44(49(47,48)35-21-19-34(20-22-35)36-24-40-39(42-36)41-30(3)45)28-38(46)37(23-31-13-7-4-8-14-31)43(26-32-15-9-5-10-16-32)27-33-17-11-6-12-18-33/h4-22,24,29,37-38,46H,23,25-28H2,1-3H3,(H2,40,41,42,45)/t37-,38+/m0/s1. The van der Waals surface area contributed by atoms with Crippen LogP contribution >= 0.6 is 0 Å². The first-order valence-electron chi connectivity index (χ1n) is 16.6. The van der Waals surface area contributed by atoms with E-state index in [1.54, 1.807) is 30.5 Å². The van der Waals surface area contributed by atoms with E-state index in [1.165, 1.54) is 11.2 Å². The predicted octanol–water partition coefficient (Wildman–Crippen LogP) is 6.36. The number of aromatic amines is 1. The molecular weight excluding hydrogens is 635 g/mol. The molecular formula is C39H45N5O4S. The van der Waals surface area contributed by atoms with Gasteiger partial charge in [0.25, 0.3) is 0 Å². The van der Waals surface area contributed by atoms with Crippen LogP contribution in [0, 0.1) is 5.92 Å². The Morgan fingerprint density at radius 3 is 1.84 bits per heavy atom. The monoisotopic (exact) mass is 679 g/mol. The summed E-state index contributed by atoms with van der Waals surface area (Å²) in [6, 6.07) is 36.5. The van der Waals surface area contributed by atoms with Crippen molar-refractivity contribution in [2.24, 2.45) is 5.92 Å². The quantitative estimate of drug-likeness (QED) is 0.112. The molecule has 5 rings (SSSR count). The molecule has 10 heteroatoms. The van der Waals surface area contributed by atoms with Gasteiger partial charge in [0.15, 0.2) is 0 Å². The van der Waals surface area contributed by atoms with E-state index in [-0.39, 0.29) is 29.8 Å². The van der Waals surface area contributed by atoms with Gasteiger partial charge in [-0.05, 0) is 41.2 Å². The van der Waals surface area contributed by atoms with Crippen molar-refractivity contribution in [3.05, 3.63) is 138 Å². The highest BCUT2D eigenvalue weighted by Crippen LogP contribution is 2.26. The van der Waals surface area contributed by atoms with Crippen LogP contribution in [0.25, 0.3) is 11.3 Å². The van der Waals surface area contributed by atoms with Crippen molar-refractivity contribution < 1.29 is 18.3 Å². The molecule has 0 fully saturated rings. The summed E-state index contributed by atoms with van der Waals surface area (Å²) >= 11 is 0. The number of carbonyl (C=O) groups excluding carboxylic acids is 1. The Kier molecular flexibility index (Phi) is 12.1. The van der Waals surface area contributed by atoms with E-state index >= 15 is 0 Å². The Morgan fingerprint density at radius 2 is 1.33 bits per heavy atom. The maximum Gasteiger partial charge on any atom is 0.243 e. The van der Waals surface area contributed by atoms with Crippen LogP contribution < -0.4 is 5.32 Å². The molecule has 0 aliphatic carbocycles. The number of anilines is 1. The third kappa shape index (κ3) is 9.96. The van der Waals surface area contributed by atoms with Crippen molar-refractivity contribution in [2.75, 3.05) is 18.4 Å². The number of nitrogens with one attached hydrogen (secondary N) is 2. The zero-order valence-electron chi connectivity index (χ0n) is 28.2. The van der Waals surface area contributed by atoms with E-state index in [0.717, 1.165) is 16.7 Å². The maximum absolute atomic E-state index is 14.2. The normalized spacial score (nSPS) is 13.1. The van der Waals surface area contributed by atoms with Gasteiger partial charge in [0.2, 0.25) is 21.9 Å². The number of hydrogen-bond acceptors (Lipinski definition) is 6. The molecule has 0 unspecified atom stereocenters. The molecule has 256 valence electrons. The molecule has 0 saturated heterocycles. The fourth-order valence-electron chi connectivity index (χ4n) is 5.95. The Balaban J connectivity index is 1.45. The molecule has 1 amide bonds. The summed E-state index contributed by atoms with van der Waals surface area (Å²) in [4.78, 5) is 21.1. The Morgan fingerprint density at radius 1 is 0.796 bits per heavy atom. The molecule has 0 radical (unpaired) electrons. The maximum atomic E-state index is 14.2. The predicted molar refractivity (Wildman–Crippen MR) is 194 cm³/mol. The summed E-state index contributed by atoms with van der Waals surface area (Å²) in [6.45, 7) is 6.69. The topological polar surface area (TPSA) is 119 Å². The van der Waals surface area contributed by atoms with Crippen molar-refractivity contribution in [1.29, 1.82) is 0 Å². The first-order chi connectivity index (χ1) is 23.6. The van der Waals surface area contributed by atoms with E-state index in [2.05, 4.69) is 44.5 Å². The molecule has 3 N–H and O–H groups in total. The van der Waals surface area contributed by atoms with Gasteiger partial charge in [-0.3, -0.25) is 15.0 Å². The van der Waals surface area contributed by atoms with Crippen LogP contribution in [0.15, 0.2) is 126 Å². The van der Waals surface area contributed by atoms with Crippen LogP contribution in [0.2, 0.25) is 0 Å². The summed E-state index contributed by atoms with van der Waals surface area (Å²) < 4.78 is 29.9. The number of sulfonamides is 1. The highest BCUT2D eigenvalue weighted by Gasteiger charge is 2.33. The van der Waals surface area contributed by atoms with Gasteiger partial charge >= 0.3 is 0 Å². The Labute approximate surface area is 289 Å². The largest absolute Gasteiger partial charge is 0.390 e. The third-order valence-corrected chi connectivity index (χ3v) is 10.1. The zero-order chi connectivity index (χ0) is 34.8. The average molecular weight is 680 g/mol. The molecule has 5 aromatic rings. The zero-order valence-corrected chi connectivity index (χ0v) is 29.1. The van der Waals surface area contributed by atoms with Gasteiger partial charge in [-0.25, -0.2) is 13.4 Å². The summed E-state index contributed by atoms with van der Waals surface area (Å²) in [6.07, 6.45) is 1.19. The number of aromatic nitrogens is 2. The molecule has 1 heterocycles. The lowest BCUT2D eigenvalue weighted by Crippen LogP contribution is -2.50. The molecule has 0 bridgehead atoms. The third-order valence-electron chi connectivity index (χ3n) is 8.28. The first kappa shape index (κ1) is 35.7. The van der Waals surface area contributed by atoms with Gasteiger partial charge in [0, 0.05) is 50.9 Å². The van der Waals surface area contributed by atoms with Gasteiger partial charge < -0.3 is 10.1 Å². The van der Waals surface area contributed by atoms with E-state index in [1.807, 2.05) is 80.6 Å². The van der Waals surface area contributed by atoms with E-state index < -0.39 is 22.2 Å². The highest BCUT2D eigenvalue weighted by molar-refractivity contribution is 7.89. The molecule has 0 aliphatic heterocycles. The Bertz CT molecular complexity index is 1820. The molecule has 49 heavy (non-hydrogen) atoms. The van der Waals surface area contributed by atoms with Crippen LogP contribution in [0.1, 0.15) is 37.5 Å². The number of imidazole rings is 1. The van der Waals surface area contributed by atoms with Gasteiger partial charge in [-0.15, -0.1) is 0 Å². The lowest BCUT2D eigenvalue weighted by molar-refractivity contribution is -0.114. The Hall–Kier alpha value is -4.61. The number of H-pyrrole nitrogens is 1. The molecule has 9 nitrogen and oxygen atoms in total. The molecule has 0 saturated carbocycles. The summed E-state index contributed by atoms with van der Waals surface area (Å²) in [7, 11) is -3.98. The van der Waals surface area contributed by atoms with Crippen LogP contribution in [0.4, 0.5) is 5.95 Å². The fraction of sp³-hybridized carbons (Fsp3) is 0.282. The SMILES string of the molecule is CC(=O)Nc1nc(-c2ccc(S(=O)(=O)N(CC(C)C)C[C@@H](O)[C@H](Cc3ccccc3)N(Cc3ccccc3)Cc3ccccc3)cc2)c[nH]1. The van der Waals surface area contributed by atoms with Crippen molar-refractivity contribution in [3.8, 4) is 11.3 Å². The van der Waals surface area contributed by atoms with Crippen LogP contribution in [0.5, 0.6) is 0 Å². The summed E-state index contributed by atoms with van der Waals surface area (Å²) in [5, 5.41) is 14.8. The first-order valence-corrected chi connectivity index (χ1v) is 18.0. The van der Waals surface area contributed by atoms with Crippen molar-refractivity contribution >= 4 is 21.9 Å². The summed E-state index contributed by atoms with van der Waals surface area (Å²) in [5.74, 6) is 0.0915. The van der Waals surface area contributed by atoms with Crippen molar-refractivity contribution in [3.63, 3.8) is 0 Å². The molecule has 0 aliphatic rings. The lowest BCUT2D eigenvalue weighted by Gasteiger charge is -2.37. The summed E-state index contributed by atoms with van der Waals surface area (Å²) in [5.41, 5.74) is 4.55. The van der Waals surface area contributed by atoms with Gasteiger partial charge in [-0.2, -0.15) is 4.31 Å². The van der Waals surface area contributed by atoms with Crippen LogP contribution in [0.3, 0.4) is 0 Å². The van der Waals surface area contributed by atoms with Gasteiger partial charge in [-0.1, -0.05) is 117 Å². The second-order valence-corrected chi connectivity index (χ2v) is 14.7. The number of benzene rings is 4. The smallest absolute Gasteiger partial charge is 0.243 e. The van der Waals surface area contributed by atoms with E-state index in [9.17, 15) is 18.3 Å². The molecule has 1 aromatic heterocycles. The second-order valence-electron chi connectivity index (χ2n) is 12.8. The number of aliphatic hydroxyl groups is 1. The van der Waals surface area contributed by atoms with Crippen molar-refractivity contribution in [1.82, 2.24) is 19.2 Å². The minimum absolute atomic E-state index is 0.0230. The van der Waals surface area contributed by atoms with E-state index in [4.69, 9.17) is 0 Å². The average Bonchev–Trinajstić information content (AvgIpc) is 3.55. The van der Waals surface area contributed by atoms with Gasteiger partial charge in [0.1, 0.15) is 0 Å². The number of aliphatic hydroxyl groups excluding tert-OH is 1. The fourth-order valence-corrected chi connectivity index (χ4v) is 7.57. The minimum atomic E-state index is -3.98. The molecule has 4 aromatic carbocycles. The number of amides is 1. The number of carbonyl (C=O) groups is 1. The van der Waals surface area contributed by atoms with Gasteiger partial charge in [0.05, 0.1) is 16.7 Å². The van der Waals surface area contributed by atoms with E-state index in [0.29, 0.717) is 36.7 Å². The van der Waals surface area contributed by atoms with Crippen LogP contribution in [-0.4, -0.2) is 63.8 Å². The molecule has 0 spiro atoms. The number of nitrogens with zero attached hydrogens (tertiary/aromatic N) is 3. The minimum Gasteiger partial charge on any atom is -0.390 e. The molecule has 2 atom stereocenters. The lowest BCUT2D eigenvalue weighted by atomic mass is 9.97. The van der Waals surface area contributed by atoms with Crippen LogP contribution in [-0.2, 0) is 34.3 Å². The number of rotatable bonds is 16.